The van der Waals surface area contributed by atoms with E-state index in [0.29, 0.717) is 0 Å². The van der Waals surface area contributed by atoms with E-state index in [1.165, 1.54) is 25.1 Å². The molecule has 21 heavy (non-hydrogen) atoms. The van der Waals surface area contributed by atoms with E-state index in [1.807, 2.05) is 0 Å². The molecule has 1 heterocycles. The molecule has 114 valence electrons. The Morgan fingerprint density at radius 1 is 1.29 bits per heavy atom. The molecule has 2 rings (SSSR count). The van der Waals surface area contributed by atoms with Gasteiger partial charge in [0.25, 0.3) is 0 Å². The van der Waals surface area contributed by atoms with Crippen LogP contribution in [0, 0.1) is 0 Å². The molecular weight excluding hydrogens is 303 g/mol. The van der Waals surface area contributed by atoms with E-state index in [2.05, 4.69) is 10.3 Å². The van der Waals surface area contributed by atoms with Crippen LogP contribution < -0.4 is 11.1 Å². The molecule has 0 bridgehead atoms. The Hall–Kier alpha value is -1.54. The summed E-state index contributed by atoms with van der Waals surface area (Å²) >= 11 is 1.14. The molecule has 1 aromatic carbocycles. The van der Waals surface area contributed by atoms with Crippen LogP contribution in [0.3, 0.4) is 0 Å². The van der Waals surface area contributed by atoms with Gasteiger partial charge in [0.1, 0.15) is 5.66 Å². The summed E-state index contributed by atoms with van der Waals surface area (Å²) in [5.74, 6) is -0.237. The number of halogens is 3. The van der Waals surface area contributed by atoms with Crippen LogP contribution in [-0.2, 0) is 16.6 Å². The number of nitrogens with zero attached hydrogens (tertiary/aromatic N) is 1. The van der Waals surface area contributed by atoms with Crippen molar-refractivity contribution in [2.24, 2.45) is 10.7 Å². The topological polar surface area (TPSA) is 67.5 Å². The second-order valence-corrected chi connectivity index (χ2v) is 6.19. The fraction of sp³-hybridized carbons (Fsp3) is 0.385. The predicted molar refractivity (Wildman–Crippen MR) is 75.6 cm³/mol. The summed E-state index contributed by atoms with van der Waals surface area (Å²) in [5, 5.41) is 2.40. The van der Waals surface area contributed by atoms with Gasteiger partial charge in [-0.25, -0.2) is 4.99 Å². The van der Waals surface area contributed by atoms with Crippen molar-refractivity contribution in [3.05, 3.63) is 35.4 Å². The van der Waals surface area contributed by atoms with Gasteiger partial charge in [-0.2, -0.15) is 13.2 Å². The SMILES string of the molecule is CC1S/C(=N/[C@](C)(N)c2ccccc2C(F)(F)F)NC1=O. The zero-order chi connectivity index (χ0) is 15.8. The van der Waals surface area contributed by atoms with Crippen LogP contribution in [0.4, 0.5) is 13.2 Å². The first kappa shape index (κ1) is 15.8. The van der Waals surface area contributed by atoms with Crippen LogP contribution in [0.1, 0.15) is 25.0 Å². The molecule has 1 saturated heterocycles. The number of alkyl halides is 3. The lowest BCUT2D eigenvalue weighted by Gasteiger charge is -2.25. The molecule has 1 aliphatic heterocycles. The molecule has 0 saturated carbocycles. The highest BCUT2D eigenvalue weighted by Crippen LogP contribution is 2.36. The van der Waals surface area contributed by atoms with E-state index in [0.717, 1.165) is 17.8 Å². The Morgan fingerprint density at radius 3 is 2.33 bits per heavy atom. The molecule has 1 unspecified atom stereocenters. The van der Waals surface area contributed by atoms with Gasteiger partial charge in [0, 0.05) is 5.56 Å². The molecule has 0 aliphatic carbocycles. The maximum absolute atomic E-state index is 13.0. The number of benzene rings is 1. The summed E-state index contributed by atoms with van der Waals surface area (Å²) < 4.78 is 39.1. The van der Waals surface area contributed by atoms with Crippen LogP contribution in [0.25, 0.3) is 0 Å². The van der Waals surface area contributed by atoms with E-state index >= 15 is 0 Å². The van der Waals surface area contributed by atoms with E-state index in [-0.39, 0.29) is 21.9 Å². The number of rotatable bonds is 2. The second kappa shape index (κ2) is 5.34. The molecule has 0 aromatic heterocycles. The Bertz CT molecular complexity index is 599. The fourth-order valence-electron chi connectivity index (χ4n) is 1.95. The standard InChI is InChI=1S/C13H14F3N3OS/c1-7-10(20)18-11(21-7)19-12(2,17)8-5-3-4-6-9(8)13(14,15)16/h3-7H,17H2,1-2H3,(H,18,19,20)/t7?,12-/m0/s1. The molecule has 3 N–H and O–H groups in total. The summed E-state index contributed by atoms with van der Waals surface area (Å²) in [5.41, 5.74) is 3.39. The molecule has 4 nitrogen and oxygen atoms in total. The quantitative estimate of drug-likeness (QED) is 0.880. The third kappa shape index (κ3) is 3.38. The number of hydrogen-bond donors (Lipinski definition) is 2. The van der Waals surface area contributed by atoms with Crippen molar-refractivity contribution in [2.45, 2.75) is 30.9 Å². The molecule has 0 spiro atoms. The van der Waals surface area contributed by atoms with Crippen LogP contribution in [0.15, 0.2) is 29.3 Å². The van der Waals surface area contributed by atoms with Gasteiger partial charge in [0.15, 0.2) is 5.17 Å². The van der Waals surface area contributed by atoms with Crippen LogP contribution in [0.2, 0.25) is 0 Å². The number of nitrogens with two attached hydrogens (primary N) is 1. The van der Waals surface area contributed by atoms with Crippen molar-refractivity contribution in [1.29, 1.82) is 0 Å². The van der Waals surface area contributed by atoms with Crippen molar-refractivity contribution in [3.63, 3.8) is 0 Å². The maximum atomic E-state index is 13.0. The zero-order valence-electron chi connectivity index (χ0n) is 11.4. The number of amides is 1. The Balaban J connectivity index is 2.41. The fourth-order valence-corrected chi connectivity index (χ4v) is 2.86. The number of nitrogens with one attached hydrogen (secondary N) is 1. The molecule has 1 aliphatic rings. The Kier molecular flexibility index (Phi) is 4.03. The van der Waals surface area contributed by atoms with E-state index in [1.54, 1.807) is 6.92 Å². The minimum atomic E-state index is -4.52. The summed E-state index contributed by atoms with van der Waals surface area (Å²) in [6.45, 7) is 3.06. The second-order valence-electron chi connectivity index (χ2n) is 4.86. The summed E-state index contributed by atoms with van der Waals surface area (Å²) in [6.07, 6.45) is -4.52. The van der Waals surface area contributed by atoms with Gasteiger partial charge in [0.05, 0.1) is 10.8 Å². The van der Waals surface area contributed by atoms with Crippen molar-refractivity contribution in [1.82, 2.24) is 5.32 Å². The highest BCUT2D eigenvalue weighted by Gasteiger charge is 2.38. The average molecular weight is 317 g/mol. The molecule has 1 fully saturated rings. The van der Waals surface area contributed by atoms with Gasteiger partial charge in [-0.3, -0.25) is 4.79 Å². The lowest BCUT2D eigenvalue weighted by Crippen LogP contribution is -2.36. The van der Waals surface area contributed by atoms with Crippen LogP contribution in [0.5, 0.6) is 0 Å². The number of aliphatic imine (C=N–C) groups is 1. The first-order valence-corrected chi connectivity index (χ1v) is 7.02. The Labute approximate surface area is 124 Å². The smallest absolute Gasteiger partial charge is 0.304 e. The predicted octanol–water partition coefficient (Wildman–Crippen LogP) is 2.44. The summed E-state index contributed by atoms with van der Waals surface area (Å²) in [6, 6.07) is 5.02. The third-order valence-electron chi connectivity index (χ3n) is 3.00. The highest BCUT2D eigenvalue weighted by atomic mass is 32.2. The third-order valence-corrected chi connectivity index (χ3v) is 3.98. The highest BCUT2D eigenvalue weighted by molar-refractivity contribution is 8.15. The van der Waals surface area contributed by atoms with Crippen LogP contribution >= 0.6 is 11.8 Å². The molecule has 1 amide bonds. The van der Waals surface area contributed by atoms with Crippen LogP contribution in [-0.4, -0.2) is 16.3 Å². The normalized spacial score (nSPS) is 24.0. The first-order chi connectivity index (χ1) is 9.61. The van der Waals surface area contributed by atoms with E-state index < -0.39 is 17.4 Å². The van der Waals surface area contributed by atoms with E-state index in [9.17, 15) is 18.0 Å². The number of carbonyl (C=O) groups is 1. The number of thioether (sulfide) groups is 1. The molecular formula is C13H14F3N3OS. The molecule has 2 atom stereocenters. The van der Waals surface area contributed by atoms with Crippen molar-refractivity contribution in [2.75, 3.05) is 0 Å². The monoisotopic (exact) mass is 317 g/mol. The molecule has 8 heteroatoms. The number of amidine groups is 1. The lowest BCUT2D eigenvalue weighted by molar-refractivity contribution is -0.138. The molecule has 1 aromatic rings. The van der Waals surface area contributed by atoms with Gasteiger partial charge >= 0.3 is 6.18 Å². The van der Waals surface area contributed by atoms with Gasteiger partial charge in [-0.1, -0.05) is 30.0 Å². The summed E-state index contributed by atoms with van der Waals surface area (Å²) in [4.78, 5) is 15.5. The van der Waals surface area contributed by atoms with Crippen molar-refractivity contribution < 1.29 is 18.0 Å². The van der Waals surface area contributed by atoms with E-state index in [4.69, 9.17) is 5.73 Å². The minimum Gasteiger partial charge on any atom is -0.304 e. The largest absolute Gasteiger partial charge is 0.416 e. The number of hydrogen-bond acceptors (Lipinski definition) is 4. The summed E-state index contributed by atoms with van der Waals surface area (Å²) in [7, 11) is 0. The number of carbonyl (C=O) groups excluding carboxylic acids is 1. The zero-order valence-corrected chi connectivity index (χ0v) is 12.2. The minimum absolute atomic E-state index is 0.139. The van der Waals surface area contributed by atoms with Crippen molar-refractivity contribution >= 4 is 22.8 Å². The average Bonchev–Trinajstić information content (AvgIpc) is 2.66. The lowest BCUT2D eigenvalue weighted by atomic mass is 9.96. The Morgan fingerprint density at radius 2 is 1.86 bits per heavy atom. The van der Waals surface area contributed by atoms with Crippen molar-refractivity contribution in [3.8, 4) is 0 Å². The molecule has 0 radical (unpaired) electrons. The van der Waals surface area contributed by atoms with Gasteiger partial charge < -0.3 is 11.1 Å². The van der Waals surface area contributed by atoms with Gasteiger partial charge in [-0.15, -0.1) is 0 Å². The first-order valence-electron chi connectivity index (χ1n) is 6.14. The van der Waals surface area contributed by atoms with Gasteiger partial charge in [-0.05, 0) is 19.9 Å². The van der Waals surface area contributed by atoms with Gasteiger partial charge in [0.2, 0.25) is 5.91 Å². The maximum Gasteiger partial charge on any atom is 0.416 e.